The number of carbonyl (C=O) groups is 2. The van der Waals surface area contributed by atoms with Gasteiger partial charge in [-0.2, -0.15) is 0 Å². The van der Waals surface area contributed by atoms with Crippen LogP contribution >= 0.6 is 25.8 Å². The highest BCUT2D eigenvalue weighted by Crippen LogP contribution is 2.40. The van der Waals surface area contributed by atoms with Gasteiger partial charge in [-0.3, -0.25) is 19.4 Å². The molecule has 348 valence electrons. The Bertz CT molecular complexity index is 2370. The minimum absolute atomic E-state index is 0.00753. The fourth-order valence-corrected chi connectivity index (χ4v) is 10.2. The smallest absolute Gasteiger partial charge is 0.429 e. The van der Waals surface area contributed by atoms with Crippen molar-refractivity contribution in [1.82, 2.24) is 29.4 Å². The summed E-state index contributed by atoms with van der Waals surface area (Å²) in [6.45, 7) is 18.8. The van der Waals surface area contributed by atoms with E-state index in [4.69, 9.17) is 16.7 Å². The number of hydrogen-bond donors (Lipinski definition) is 2. The van der Waals surface area contributed by atoms with Gasteiger partial charge in [0.1, 0.15) is 11.5 Å². The van der Waals surface area contributed by atoms with Crippen molar-refractivity contribution in [3.05, 3.63) is 116 Å². The summed E-state index contributed by atoms with van der Waals surface area (Å²) < 4.78 is 50.5. The van der Waals surface area contributed by atoms with E-state index in [-0.39, 0.29) is 46.0 Å². The second-order valence-electron chi connectivity index (χ2n) is 18.5. The molecule has 0 atom stereocenters. The normalized spacial score (nSPS) is 17.4. The Morgan fingerprint density at radius 2 is 0.908 bits per heavy atom. The van der Waals surface area contributed by atoms with Gasteiger partial charge in [0.15, 0.2) is 11.5 Å². The molecule has 8 rings (SSSR count). The van der Waals surface area contributed by atoms with Crippen molar-refractivity contribution in [1.29, 1.82) is 0 Å². The van der Waals surface area contributed by atoms with Crippen LogP contribution in [0.3, 0.4) is 0 Å². The molecular weight excluding hydrogens is 885 g/mol. The van der Waals surface area contributed by atoms with Gasteiger partial charge in [-0.25, -0.2) is 0 Å². The van der Waals surface area contributed by atoms with E-state index in [0.29, 0.717) is 37.3 Å². The standard InChI is InChI=1S/C48H60N6O8S3/c1-31(2)39-21-41(47(55)53-27-35-9-7-33(19-37(35)29-53)25-51-15-11-49(5)12-16-51)45(23-43(39)59-63)61-65(57,58)62-46-24-44(60-64)40(32(3)4)22-42(46)48(56)54-28-36-10-8-34(20-38(36)30-54)26-52-17-13-50(6)14-18-52/h7-10,19-24,31-32,63-64H,11-18,25-30H2,1-6H3. The number of likely N-dealkylation sites (N-methyl/N-ethyl adjacent to an activating group) is 2. The molecule has 2 saturated heterocycles. The monoisotopic (exact) mass is 944 g/mol. The minimum Gasteiger partial charge on any atom is -0.429 e. The predicted molar refractivity (Wildman–Crippen MR) is 256 cm³/mol. The topological polar surface area (TPSA) is 125 Å². The van der Waals surface area contributed by atoms with Gasteiger partial charge in [-0.15, -0.1) is 8.42 Å². The van der Waals surface area contributed by atoms with E-state index in [1.165, 1.54) is 23.3 Å². The number of piperazine rings is 2. The molecule has 4 aliphatic rings. The number of benzene rings is 4. The van der Waals surface area contributed by atoms with E-state index >= 15 is 0 Å². The fraction of sp³-hybridized carbons (Fsp3) is 0.458. The Morgan fingerprint density at radius 3 is 1.26 bits per heavy atom. The number of amides is 2. The first-order valence-corrected chi connectivity index (χ1v) is 24.4. The molecule has 0 N–H and O–H groups in total. The molecule has 4 aliphatic heterocycles. The molecule has 14 nitrogen and oxygen atoms in total. The van der Waals surface area contributed by atoms with E-state index in [1.807, 2.05) is 27.7 Å². The van der Waals surface area contributed by atoms with Crippen molar-refractivity contribution in [3.8, 4) is 23.0 Å². The summed E-state index contributed by atoms with van der Waals surface area (Å²) in [5.41, 5.74) is 7.76. The van der Waals surface area contributed by atoms with Crippen LogP contribution in [0.25, 0.3) is 0 Å². The van der Waals surface area contributed by atoms with Crippen molar-refractivity contribution in [2.24, 2.45) is 0 Å². The average Bonchev–Trinajstić information content (AvgIpc) is 3.91. The lowest BCUT2D eigenvalue weighted by atomic mass is 9.98. The Kier molecular flexibility index (Phi) is 14.3. The molecule has 4 aromatic rings. The van der Waals surface area contributed by atoms with Gasteiger partial charge < -0.3 is 36.3 Å². The lowest BCUT2D eigenvalue weighted by Crippen LogP contribution is -2.43. The minimum atomic E-state index is -5.03. The number of thiol groups is 2. The third-order valence-corrected chi connectivity index (χ3v) is 14.2. The molecule has 2 fully saturated rings. The second-order valence-corrected chi connectivity index (χ2v) is 20.0. The molecule has 0 saturated carbocycles. The molecular formula is C48H60N6O8S3. The van der Waals surface area contributed by atoms with Crippen molar-refractivity contribution >= 4 is 48.0 Å². The van der Waals surface area contributed by atoms with Gasteiger partial charge >= 0.3 is 10.4 Å². The maximum atomic E-state index is 14.5. The van der Waals surface area contributed by atoms with Crippen LogP contribution in [0.4, 0.5) is 0 Å². The predicted octanol–water partition coefficient (Wildman–Crippen LogP) is 6.89. The maximum absolute atomic E-state index is 14.5. The molecule has 0 radical (unpaired) electrons. The fourth-order valence-electron chi connectivity index (χ4n) is 9.17. The molecule has 0 spiro atoms. The highest BCUT2D eigenvalue weighted by atomic mass is 32.3. The van der Waals surface area contributed by atoms with E-state index < -0.39 is 22.2 Å². The van der Waals surface area contributed by atoms with Crippen LogP contribution in [0.5, 0.6) is 23.0 Å². The van der Waals surface area contributed by atoms with Crippen LogP contribution in [0.2, 0.25) is 0 Å². The zero-order valence-corrected chi connectivity index (χ0v) is 40.7. The lowest BCUT2D eigenvalue weighted by Gasteiger charge is -2.32. The third kappa shape index (κ3) is 10.7. The number of carbonyl (C=O) groups excluding carboxylic acids is 2. The Labute approximate surface area is 394 Å². The number of hydrogen-bond acceptors (Lipinski definition) is 14. The van der Waals surface area contributed by atoms with E-state index in [2.05, 4.69) is 95.9 Å². The van der Waals surface area contributed by atoms with Crippen LogP contribution in [0, 0.1) is 0 Å². The highest BCUT2D eigenvalue weighted by molar-refractivity contribution is 7.82. The molecule has 0 aliphatic carbocycles. The maximum Gasteiger partial charge on any atom is 0.501 e. The summed E-state index contributed by atoms with van der Waals surface area (Å²) in [6, 6.07) is 18.5. The Balaban J connectivity index is 1.04. The molecule has 0 bridgehead atoms. The van der Waals surface area contributed by atoms with Gasteiger partial charge in [0.2, 0.25) is 0 Å². The van der Waals surface area contributed by atoms with Gasteiger partial charge in [-0.1, -0.05) is 64.1 Å². The van der Waals surface area contributed by atoms with Crippen molar-refractivity contribution in [2.45, 2.75) is 78.8 Å². The number of rotatable bonds is 14. The molecule has 2 amide bonds. The SMILES string of the molecule is CC(C)c1cc(C(=O)N2Cc3ccc(CN4CCN(C)CC4)cc3C2)c(OS(=O)(=O)Oc2cc(OS)c(C(C)C)cc2C(=O)N2Cc3ccc(CN4CCN(C)CC4)cc3C2)cc1OS. The molecule has 4 heterocycles. The second kappa shape index (κ2) is 19.8. The summed E-state index contributed by atoms with van der Waals surface area (Å²) >= 11 is 8.12. The summed E-state index contributed by atoms with van der Waals surface area (Å²) in [6.07, 6.45) is 0. The van der Waals surface area contributed by atoms with Crippen LogP contribution in [-0.4, -0.2) is 116 Å². The lowest BCUT2D eigenvalue weighted by molar-refractivity contribution is 0.0743. The van der Waals surface area contributed by atoms with E-state index in [9.17, 15) is 18.0 Å². The number of fused-ring (bicyclic) bond motifs is 2. The van der Waals surface area contributed by atoms with Gasteiger partial charge in [0.25, 0.3) is 11.8 Å². The largest absolute Gasteiger partial charge is 0.501 e. The molecule has 65 heavy (non-hydrogen) atoms. The van der Waals surface area contributed by atoms with Gasteiger partial charge in [0.05, 0.1) is 11.1 Å². The summed E-state index contributed by atoms with van der Waals surface area (Å²) in [5, 5.41) is 0. The van der Waals surface area contributed by atoms with Crippen molar-refractivity contribution in [2.75, 3.05) is 66.5 Å². The summed E-state index contributed by atoms with van der Waals surface area (Å²) in [5.74, 6) is -1.29. The summed E-state index contributed by atoms with van der Waals surface area (Å²) in [7, 11) is -0.760. The van der Waals surface area contributed by atoms with Crippen LogP contribution in [-0.2, 0) is 49.7 Å². The third-order valence-electron chi connectivity index (χ3n) is 13.1. The highest BCUT2D eigenvalue weighted by Gasteiger charge is 2.34. The first-order valence-electron chi connectivity index (χ1n) is 22.3. The molecule has 0 aromatic heterocycles. The summed E-state index contributed by atoms with van der Waals surface area (Å²) in [4.78, 5) is 42.0. The van der Waals surface area contributed by atoms with Gasteiger partial charge in [0, 0.05) is 130 Å². The zero-order chi connectivity index (χ0) is 46.2. The number of nitrogens with zero attached hydrogens (tertiary/aromatic N) is 6. The molecule has 4 aromatic carbocycles. The quantitative estimate of drug-likeness (QED) is 0.101. The van der Waals surface area contributed by atoms with Crippen LogP contribution < -0.4 is 16.7 Å². The van der Waals surface area contributed by atoms with Crippen molar-refractivity contribution in [3.63, 3.8) is 0 Å². The van der Waals surface area contributed by atoms with Crippen LogP contribution in [0.1, 0.15) is 105 Å². The molecule has 17 heteroatoms. The van der Waals surface area contributed by atoms with E-state index in [0.717, 1.165) is 87.7 Å². The Hall–Kier alpha value is -4.49. The first-order chi connectivity index (χ1) is 31.1. The van der Waals surface area contributed by atoms with Crippen molar-refractivity contribution < 1.29 is 34.7 Å². The van der Waals surface area contributed by atoms with E-state index in [1.54, 1.807) is 21.9 Å². The zero-order valence-electron chi connectivity index (χ0n) is 38.1. The Morgan fingerprint density at radius 1 is 0.538 bits per heavy atom. The van der Waals surface area contributed by atoms with Crippen LogP contribution in [0.15, 0.2) is 60.7 Å². The van der Waals surface area contributed by atoms with Gasteiger partial charge in [-0.05, 0) is 82.6 Å². The average molecular weight is 945 g/mol. The molecule has 0 unspecified atom stereocenters. The first kappa shape index (κ1) is 47.0.